The van der Waals surface area contributed by atoms with Crippen molar-refractivity contribution in [1.29, 1.82) is 0 Å². The maximum Gasteiger partial charge on any atom is 0.454 e. The molecular formula is C45H32F12O12. The van der Waals surface area contributed by atoms with Crippen molar-refractivity contribution in [2.75, 3.05) is 26.4 Å². The molecule has 69 heavy (non-hydrogen) atoms. The summed E-state index contributed by atoms with van der Waals surface area (Å²) in [5, 5.41) is 40.4. The summed E-state index contributed by atoms with van der Waals surface area (Å²) in [5.41, 5.74) is -2.64. The standard InChI is InChI=1S/C45H32F12O12/c46-42(47,48)37(62)17-33(58)25-1-9-29(10-2-25)66-21-41(22-67-30-11-3-26(4-12-30)34(59)18-38(63)43(49,50)51,23-68-31-13-5-27(6-14-31)35(60)19-39(64)44(52,53)54)24-69-32-15-7-28(8-16-32)36(61)20-40(65)45(55,56)57/h1-20,58-61H,21-24H2/b33-17-,34-18-,35-19+,36-20+. The van der Waals surface area contributed by atoms with Gasteiger partial charge in [0, 0.05) is 46.6 Å². The maximum atomic E-state index is 12.8. The summed E-state index contributed by atoms with van der Waals surface area (Å²) >= 11 is 0. The molecule has 0 saturated heterocycles. The first-order chi connectivity index (χ1) is 32.0. The zero-order chi connectivity index (χ0) is 51.5. The lowest BCUT2D eigenvalue weighted by atomic mass is 9.92. The lowest BCUT2D eigenvalue weighted by Gasteiger charge is -2.33. The highest BCUT2D eigenvalue weighted by atomic mass is 19.4. The van der Waals surface area contributed by atoms with E-state index in [-0.39, 0.29) is 69.6 Å². The van der Waals surface area contributed by atoms with Crippen LogP contribution in [0.15, 0.2) is 121 Å². The first-order valence-electron chi connectivity index (χ1n) is 19.0. The number of ether oxygens (including phenoxy) is 4. The Morgan fingerprint density at radius 1 is 0.333 bits per heavy atom. The molecule has 24 heteroatoms. The molecule has 12 nitrogen and oxygen atoms in total. The first kappa shape index (κ1) is 53.7. The Labute approximate surface area is 380 Å². The fourth-order valence-corrected chi connectivity index (χ4v) is 5.24. The van der Waals surface area contributed by atoms with Crippen LogP contribution in [0.1, 0.15) is 22.3 Å². The van der Waals surface area contributed by atoms with Gasteiger partial charge in [0.15, 0.2) is 0 Å². The Kier molecular flexibility index (Phi) is 17.0. The molecule has 0 heterocycles. The van der Waals surface area contributed by atoms with Crippen LogP contribution < -0.4 is 18.9 Å². The average molecular weight is 993 g/mol. The van der Waals surface area contributed by atoms with Gasteiger partial charge in [0.1, 0.15) is 77.9 Å². The summed E-state index contributed by atoms with van der Waals surface area (Å²) in [6.07, 6.45) is -21.4. The van der Waals surface area contributed by atoms with Crippen molar-refractivity contribution >= 4 is 46.2 Å². The zero-order valence-corrected chi connectivity index (χ0v) is 34.5. The highest BCUT2D eigenvalue weighted by Gasteiger charge is 2.40. The monoisotopic (exact) mass is 992 g/mol. The summed E-state index contributed by atoms with van der Waals surface area (Å²) in [6, 6.07) is 17.9. The molecule has 0 spiro atoms. The summed E-state index contributed by atoms with van der Waals surface area (Å²) in [7, 11) is 0. The fraction of sp³-hybridized carbons (Fsp3) is 0.200. The molecule has 0 saturated carbocycles. The molecular weight excluding hydrogens is 960 g/mol. The summed E-state index contributed by atoms with van der Waals surface area (Å²) in [4.78, 5) is 45.4. The molecule has 4 aromatic carbocycles. The Bertz CT molecular complexity index is 2230. The lowest BCUT2D eigenvalue weighted by molar-refractivity contribution is -0.165. The average Bonchev–Trinajstić information content (AvgIpc) is 3.27. The quantitative estimate of drug-likeness (QED) is 0.0374. The number of carbonyl (C=O) groups is 4. The molecule has 0 amide bonds. The number of aliphatic hydroxyl groups excluding tert-OH is 4. The van der Waals surface area contributed by atoms with E-state index in [2.05, 4.69) is 0 Å². The highest BCUT2D eigenvalue weighted by Crippen LogP contribution is 2.31. The first-order valence-corrected chi connectivity index (χ1v) is 19.0. The van der Waals surface area contributed by atoms with Crippen LogP contribution >= 0.6 is 0 Å². The number of alkyl halides is 12. The van der Waals surface area contributed by atoms with E-state index in [4.69, 9.17) is 18.9 Å². The third kappa shape index (κ3) is 16.1. The third-order valence-electron chi connectivity index (χ3n) is 8.97. The van der Waals surface area contributed by atoms with Crippen molar-refractivity contribution in [2.45, 2.75) is 24.7 Å². The van der Waals surface area contributed by atoms with Crippen LogP contribution in [0.25, 0.3) is 23.0 Å². The molecule has 0 aliphatic carbocycles. The summed E-state index contributed by atoms with van der Waals surface area (Å²) in [5.74, 6) is -13.8. The smallest absolute Gasteiger partial charge is 0.454 e. The number of allylic oxidation sites excluding steroid dienone is 4. The SMILES string of the molecule is O=C(/C=C(\O)c1ccc(OCC(COc2ccc(/C(O)=C/C(=O)C(F)(F)F)cc2)(COc2ccc(/C(O)=C\C(=O)C(F)(F)F)cc2)COc2ccc(/C(O)=C\C(=O)C(F)(F)F)cc2)cc1)C(F)(F)F. The zero-order valence-electron chi connectivity index (χ0n) is 34.5. The minimum absolute atomic E-state index is 0.0434. The van der Waals surface area contributed by atoms with E-state index < -0.39 is 103 Å². The minimum atomic E-state index is -5.29. The van der Waals surface area contributed by atoms with Crippen molar-refractivity contribution in [3.05, 3.63) is 144 Å². The second kappa shape index (κ2) is 21.8. The number of carbonyl (C=O) groups excluding carboxylic acids is 4. The Morgan fingerprint density at radius 2 is 0.493 bits per heavy atom. The van der Waals surface area contributed by atoms with Crippen LogP contribution in [0.3, 0.4) is 0 Å². The fourth-order valence-electron chi connectivity index (χ4n) is 5.24. The van der Waals surface area contributed by atoms with Crippen LogP contribution in [0.2, 0.25) is 0 Å². The van der Waals surface area contributed by atoms with Gasteiger partial charge < -0.3 is 39.4 Å². The van der Waals surface area contributed by atoms with Crippen molar-refractivity contribution < 1.29 is 111 Å². The van der Waals surface area contributed by atoms with Crippen molar-refractivity contribution in [3.63, 3.8) is 0 Å². The van der Waals surface area contributed by atoms with Crippen molar-refractivity contribution in [2.24, 2.45) is 5.41 Å². The minimum Gasteiger partial charge on any atom is -0.507 e. The van der Waals surface area contributed by atoms with Gasteiger partial charge in [-0.25, -0.2) is 0 Å². The molecule has 4 N–H and O–H groups in total. The van der Waals surface area contributed by atoms with Gasteiger partial charge >= 0.3 is 24.7 Å². The van der Waals surface area contributed by atoms with E-state index in [9.17, 15) is 92.3 Å². The van der Waals surface area contributed by atoms with Crippen LogP contribution in [-0.2, 0) is 19.2 Å². The van der Waals surface area contributed by atoms with E-state index in [1.165, 1.54) is 0 Å². The number of ketones is 4. The maximum absolute atomic E-state index is 12.8. The second-order valence-electron chi connectivity index (χ2n) is 14.3. The van der Waals surface area contributed by atoms with E-state index in [1.54, 1.807) is 0 Å². The Hall–Kier alpha value is -7.92. The second-order valence-corrected chi connectivity index (χ2v) is 14.3. The Morgan fingerprint density at radius 3 is 0.638 bits per heavy atom. The number of hydrogen-bond donors (Lipinski definition) is 4. The van der Waals surface area contributed by atoms with Crippen molar-refractivity contribution in [3.8, 4) is 23.0 Å². The topological polar surface area (TPSA) is 186 Å². The molecule has 0 aliphatic heterocycles. The van der Waals surface area contributed by atoms with Gasteiger partial charge in [-0.2, -0.15) is 52.7 Å². The molecule has 0 unspecified atom stereocenters. The van der Waals surface area contributed by atoms with Crippen LogP contribution in [0.4, 0.5) is 52.7 Å². The Balaban J connectivity index is 1.72. The van der Waals surface area contributed by atoms with Crippen LogP contribution in [0.5, 0.6) is 23.0 Å². The van der Waals surface area contributed by atoms with E-state index in [1.807, 2.05) is 0 Å². The van der Waals surface area contributed by atoms with Gasteiger partial charge in [-0.1, -0.05) is 0 Å². The van der Waals surface area contributed by atoms with Crippen molar-refractivity contribution in [1.82, 2.24) is 0 Å². The van der Waals surface area contributed by atoms with Crippen LogP contribution in [-0.4, -0.2) is 94.7 Å². The number of hydrogen-bond acceptors (Lipinski definition) is 12. The predicted molar refractivity (Wildman–Crippen MR) is 217 cm³/mol. The molecule has 0 atom stereocenters. The van der Waals surface area contributed by atoms with Gasteiger partial charge in [0.25, 0.3) is 23.1 Å². The van der Waals surface area contributed by atoms with Gasteiger partial charge in [-0.15, -0.1) is 0 Å². The van der Waals surface area contributed by atoms with Gasteiger partial charge in [0.05, 0.1) is 0 Å². The number of benzene rings is 4. The molecule has 4 rings (SSSR count). The van der Waals surface area contributed by atoms with Gasteiger partial charge in [-0.3, -0.25) is 19.2 Å². The molecule has 0 radical (unpaired) electrons. The molecule has 4 aromatic rings. The van der Waals surface area contributed by atoms with E-state index in [0.717, 1.165) is 97.1 Å². The number of aliphatic hydroxyl groups is 4. The van der Waals surface area contributed by atoms with Gasteiger partial charge in [0.2, 0.25) is 0 Å². The molecule has 0 fully saturated rings. The third-order valence-corrected chi connectivity index (χ3v) is 8.97. The number of halogens is 12. The molecule has 0 aliphatic rings. The largest absolute Gasteiger partial charge is 0.507 e. The van der Waals surface area contributed by atoms with E-state index in [0.29, 0.717) is 0 Å². The summed E-state index contributed by atoms with van der Waals surface area (Å²) < 4.78 is 177. The number of rotatable bonds is 20. The lowest BCUT2D eigenvalue weighted by Crippen LogP contribution is -2.45. The molecule has 368 valence electrons. The predicted octanol–water partition coefficient (Wildman–Crippen LogP) is 10.4. The summed E-state index contributed by atoms with van der Waals surface area (Å²) in [6.45, 7) is -2.09. The normalized spacial score (nSPS) is 13.4. The molecule has 0 bridgehead atoms. The van der Waals surface area contributed by atoms with Gasteiger partial charge in [-0.05, 0) is 97.1 Å². The van der Waals surface area contributed by atoms with E-state index >= 15 is 0 Å². The highest BCUT2D eigenvalue weighted by molar-refractivity contribution is 6.01. The molecule has 0 aromatic heterocycles. The van der Waals surface area contributed by atoms with Crippen LogP contribution in [0, 0.1) is 5.41 Å².